The van der Waals surface area contributed by atoms with E-state index in [-0.39, 0.29) is 28.7 Å². The molecule has 0 aliphatic rings. The molecule has 1 aromatic carbocycles. The molecular weight excluding hydrogens is 280 g/mol. The van der Waals surface area contributed by atoms with Gasteiger partial charge >= 0.3 is 5.97 Å². The topological polar surface area (TPSA) is 114 Å². The number of carboxylic acid groups (broad SMARTS) is 1. The summed E-state index contributed by atoms with van der Waals surface area (Å²) in [6.45, 7) is 0.797. The predicted molar refractivity (Wildman–Crippen MR) is 73.8 cm³/mol. The van der Waals surface area contributed by atoms with Gasteiger partial charge in [-0.1, -0.05) is 0 Å². The van der Waals surface area contributed by atoms with Crippen molar-refractivity contribution in [3.63, 3.8) is 0 Å². The maximum Gasteiger partial charge on any atom is 0.322 e. The van der Waals surface area contributed by atoms with E-state index >= 15 is 0 Å². The smallest absolute Gasteiger partial charge is 0.322 e. The van der Waals surface area contributed by atoms with Crippen LogP contribution < -0.4 is 20.1 Å². The van der Waals surface area contributed by atoms with Gasteiger partial charge in [-0.05, 0) is 12.1 Å². The number of anilines is 1. The van der Waals surface area contributed by atoms with Gasteiger partial charge in [0.1, 0.15) is 6.54 Å². The summed E-state index contributed by atoms with van der Waals surface area (Å²) >= 11 is 0. The molecule has 21 heavy (non-hydrogen) atoms. The minimum absolute atomic E-state index is 0.137. The Labute approximate surface area is 121 Å². The number of rotatable bonds is 6. The van der Waals surface area contributed by atoms with Crippen LogP contribution in [0.15, 0.2) is 12.1 Å². The highest BCUT2D eigenvalue weighted by Crippen LogP contribution is 2.36. The van der Waals surface area contributed by atoms with Gasteiger partial charge in [-0.25, -0.2) is 0 Å². The first kappa shape index (κ1) is 16.3. The van der Waals surface area contributed by atoms with Crippen molar-refractivity contribution in [3.8, 4) is 11.5 Å². The zero-order valence-electron chi connectivity index (χ0n) is 11.9. The van der Waals surface area contributed by atoms with E-state index in [1.807, 2.05) is 0 Å². The molecule has 0 unspecified atom stereocenters. The zero-order valence-corrected chi connectivity index (χ0v) is 11.9. The van der Waals surface area contributed by atoms with Gasteiger partial charge in [-0.15, -0.1) is 0 Å². The van der Waals surface area contributed by atoms with Crippen molar-refractivity contribution in [3.05, 3.63) is 17.7 Å². The third-order valence-corrected chi connectivity index (χ3v) is 2.45. The van der Waals surface area contributed by atoms with Crippen molar-refractivity contribution in [1.82, 2.24) is 5.32 Å². The highest BCUT2D eigenvalue weighted by Gasteiger charge is 2.17. The Kier molecular flexibility index (Phi) is 5.53. The quantitative estimate of drug-likeness (QED) is 0.703. The van der Waals surface area contributed by atoms with Gasteiger partial charge in [0.25, 0.3) is 5.91 Å². The van der Waals surface area contributed by atoms with Crippen LogP contribution >= 0.6 is 0 Å². The molecule has 8 nitrogen and oxygen atoms in total. The van der Waals surface area contributed by atoms with E-state index in [4.69, 9.17) is 14.6 Å². The molecule has 1 rings (SSSR count). The van der Waals surface area contributed by atoms with Crippen molar-refractivity contribution < 1.29 is 29.0 Å². The number of nitrogens with one attached hydrogen (secondary N) is 2. The molecule has 0 spiro atoms. The Balaban J connectivity index is 3.18. The largest absolute Gasteiger partial charge is 0.493 e. The summed E-state index contributed by atoms with van der Waals surface area (Å²) in [5.41, 5.74) is 0.391. The van der Waals surface area contributed by atoms with Gasteiger partial charge in [0.05, 0.1) is 19.9 Å². The lowest BCUT2D eigenvalue weighted by molar-refractivity contribution is -0.135. The molecule has 3 N–H and O–H groups in total. The first-order valence-electron chi connectivity index (χ1n) is 5.92. The molecule has 0 fully saturated rings. The SMILES string of the molecule is COc1cc(C(=O)NCC(=O)O)cc(NC(C)=O)c1OC. The van der Waals surface area contributed by atoms with E-state index in [9.17, 15) is 14.4 Å². The van der Waals surface area contributed by atoms with E-state index < -0.39 is 18.4 Å². The second kappa shape index (κ2) is 7.13. The lowest BCUT2D eigenvalue weighted by Gasteiger charge is -2.15. The molecule has 8 heteroatoms. The molecule has 0 bridgehead atoms. The molecule has 1 aromatic rings. The number of methoxy groups -OCH3 is 2. The molecule has 0 saturated heterocycles. The predicted octanol–water partition coefficient (Wildman–Crippen LogP) is 0.477. The van der Waals surface area contributed by atoms with Crippen LogP contribution in [0.1, 0.15) is 17.3 Å². The molecule has 0 saturated carbocycles. The highest BCUT2D eigenvalue weighted by molar-refractivity contribution is 5.99. The maximum atomic E-state index is 11.9. The van der Waals surface area contributed by atoms with Crippen molar-refractivity contribution in [1.29, 1.82) is 0 Å². The van der Waals surface area contributed by atoms with E-state index in [0.29, 0.717) is 0 Å². The van der Waals surface area contributed by atoms with Crippen molar-refractivity contribution in [2.45, 2.75) is 6.92 Å². The number of benzene rings is 1. The number of carbonyl (C=O) groups excluding carboxylic acids is 2. The standard InChI is InChI=1S/C13H16N2O6/c1-7(16)15-9-4-8(13(19)14-6-11(17)18)5-10(20-2)12(9)21-3/h4-5H,6H2,1-3H3,(H,14,19)(H,15,16)(H,17,18). The lowest BCUT2D eigenvalue weighted by atomic mass is 10.1. The van der Waals surface area contributed by atoms with Crippen LogP contribution in [0.25, 0.3) is 0 Å². The molecule has 0 aliphatic carbocycles. The Hall–Kier alpha value is -2.77. The fourth-order valence-electron chi connectivity index (χ4n) is 1.64. The molecule has 0 aromatic heterocycles. The van der Waals surface area contributed by atoms with Crippen LogP contribution in [0.2, 0.25) is 0 Å². The number of amides is 2. The van der Waals surface area contributed by atoms with E-state index in [1.165, 1.54) is 33.3 Å². The molecular formula is C13H16N2O6. The summed E-state index contributed by atoms with van der Waals surface area (Å²) in [6, 6.07) is 2.77. The van der Waals surface area contributed by atoms with Crippen molar-refractivity contribution >= 4 is 23.5 Å². The lowest BCUT2D eigenvalue weighted by Crippen LogP contribution is -2.29. The molecule has 2 amide bonds. The van der Waals surface area contributed by atoms with Gasteiger partial charge in [0.15, 0.2) is 11.5 Å². The summed E-state index contributed by atoms with van der Waals surface area (Å²) in [5.74, 6) is -1.61. The molecule has 0 heterocycles. The van der Waals surface area contributed by atoms with E-state index in [0.717, 1.165) is 0 Å². The van der Waals surface area contributed by atoms with Crippen LogP contribution in [0, 0.1) is 0 Å². The van der Waals surface area contributed by atoms with Gasteiger partial charge in [-0.3, -0.25) is 14.4 Å². The Bertz CT molecular complexity index is 570. The molecule has 0 radical (unpaired) electrons. The zero-order chi connectivity index (χ0) is 16.0. The third-order valence-electron chi connectivity index (χ3n) is 2.45. The number of hydrogen-bond donors (Lipinski definition) is 3. The Morgan fingerprint density at radius 1 is 1.19 bits per heavy atom. The number of aliphatic carboxylic acids is 1. The minimum atomic E-state index is -1.16. The van der Waals surface area contributed by atoms with Crippen LogP contribution in [0.4, 0.5) is 5.69 Å². The average Bonchev–Trinajstić information content (AvgIpc) is 2.42. The van der Waals surface area contributed by atoms with E-state index in [1.54, 1.807) is 0 Å². The van der Waals surface area contributed by atoms with Gasteiger partial charge in [-0.2, -0.15) is 0 Å². The van der Waals surface area contributed by atoms with Crippen molar-refractivity contribution in [2.75, 3.05) is 26.1 Å². The molecule has 0 aliphatic heterocycles. The van der Waals surface area contributed by atoms with Crippen LogP contribution in [-0.4, -0.2) is 43.7 Å². The van der Waals surface area contributed by atoms with Crippen molar-refractivity contribution in [2.24, 2.45) is 0 Å². The third kappa shape index (κ3) is 4.37. The second-order valence-corrected chi connectivity index (χ2v) is 4.02. The normalized spacial score (nSPS) is 9.67. The van der Waals surface area contributed by atoms with Gasteiger partial charge in [0, 0.05) is 12.5 Å². The van der Waals surface area contributed by atoms with Crippen LogP contribution in [-0.2, 0) is 9.59 Å². The molecule has 114 valence electrons. The molecule has 0 atom stereocenters. The Morgan fingerprint density at radius 3 is 2.33 bits per heavy atom. The van der Waals surface area contributed by atoms with Gasteiger partial charge < -0.3 is 25.2 Å². The summed E-state index contributed by atoms with van der Waals surface area (Å²) in [5, 5.41) is 13.3. The average molecular weight is 296 g/mol. The number of hydrogen-bond acceptors (Lipinski definition) is 5. The monoisotopic (exact) mass is 296 g/mol. The minimum Gasteiger partial charge on any atom is -0.493 e. The summed E-state index contributed by atoms with van der Waals surface area (Å²) in [4.78, 5) is 33.5. The second-order valence-electron chi connectivity index (χ2n) is 4.02. The number of ether oxygens (including phenoxy) is 2. The number of carboxylic acids is 1. The summed E-state index contributed by atoms with van der Waals surface area (Å²) in [6.07, 6.45) is 0. The highest BCUT2D eigenvalue weighted by atomic mass is 16.5. The van der Waals surface area contributed by atoms with E-state index in [2.05, 4.69) is 10.6 Å². The fourth-order valence-corrected chi connectivity index (χ4v) is 1.64. The number of carbonyl (C=O) groups is 3. The Morgan fingerprint density at radius 2 is 1.86 bits per heavy atom. The fraction of sp³-hybridized carbons (Fsp3) is 0.308. The summed E-state index contributed by atoms with van der Waals surface area (Å²) < 4.78 is 10.2. The van der Waals surface area contributed by atoms with Gasteiger partial charge in [0.2, 0.25) is 5.91 Å². The maximum absolute atomic E-state index is 11.9. The summed E-state index contributed by atoms with van der Waals surface area (Å²) in [7, 11) is 2.78. The first-order valence-corrected chi connectivity index (χ1v) is 5.92. The first-order chi connectivity index (χ1) is 9.88. The van der Waals surface area contributed by atoms with Crippen LogP contribution in [0.5, 0.6) is 11.5 Å². The van der Waals surface area contributed by atoms with Crippen LogP contribution in [0.3, 0.4) is 0 Å².